The Morgan fingerprint density at radius 2 is 2.00 bits per heavy atom. The van der Waals surface area contributed by atoms with Crippen LogP contribution in [0.1, 0.15) is 23.6 Å². The molecule has 1 heterocycles. The fourth-order valence-electron chi connectivity index (χ4n) is 2.59. The van der Waals surface area contributed by atoms with Crippen LogP contribution in [0.3, 0.4) is 0 Å². The summed E-state index contributed by atoms with van der Waals surface area (Å²) in [5.41, 5.74) is 2.77. The number of hydrogen-bond acceptors (Lipinski definition) is 5. The number of para-hydroxylation sites is 1. The molecule has 0 atom stereocenters. The van der Waals surface area contributed by atoms with E-state index < -0.39 is 5.97 Å². The third-order valence-electron chi connectivity index (χ3n) is 3.69. The van der Waals surface area contributed by atoms with Crippen molar-refractivity contribution in [1.29, 1.82) is 0 Å². The van der Waals surface area contributed by atoms with Crippen LogP contribution < -0.4 is 9.47 Å². The Morgan fingerprint density at radius 3 is 2.72 bits per heavy atom. The quantitative estimate of drug-likeness (QED) is 0.616. The van der Waals surface area contributed by atoms with Gasteiger partial charge in [-0.3, -0.25) is 0 Å². The zero-order chi connectivity index (χ0) is 17.8. The first-order chi connectivity index (χ1) is 12.1. The van der Waals surface area contributed by atoms with Crippen molar-refractivity contribution in [2.45, 2.75) is 13.8 Å². The molecule has 0 unspecified atom stereocenters. The number of aryl methyl sites for hydroxylation is 1. The first-order valence-corrected chi connectivity index (χ1v) is 8.01. The number of hydrogen-bond donors (Lipinski definition) is 0. The van der Waals surface area contributed by atoms with Gasteiger partial charge in [-0.1, -0.05) is 29.8 Å². The molecule has 0 aromatic heterocycles. The van der Waals surface area contributed by atoms with Gasteiger partial charge in [-0.25, -0.2) is 9.79 Å². The molecule has 0 N–H and O–H groups in total. The lowest BCUT2D eigenvalue weighted by atomic mass is 10.1. The number of aliphatic imine (C=N–C) groups is 1. The zero-order valence-corrected chi connectivity index (χ0v) is 14.4. The second-order valence-electron chi connectivity index (χ2n) is 5.52. The van der Waals surface area contributed by atoms with Crippen LogP contribution in [0, 0.1) is 6.92 Å². The number of nitrogens with zero attached hydrogens (tertiary/aromatic N) is 1. The smallest absolute Gasteiger partial charge is 0.363 e. The number of rotatable bonds is 5. The largest absolute Gasteiger partial charge is 0.492 e. The molecular weight excluding hydrogens is 318 g/mol. The molecule has 3 rings (SSSR count). The van der Waals surface area contributed by atoms with E-state index in [2.05, 4.69) is 4.99 Å². The fraction of sp³-hybridized carbons (Fsp3) is 0.200. The number of cyclic esters (lactones) is 1. The molecule has 0 saturated carbocycles. The van der Waals surface area contributed by atoms with Gasteiger partial charge in [0.2, 0.25) is 5.90 Å². The minimum absolute atomic E-state index is 0.225. The molecule has 5 nitrogen and oxygen atoms in total. The summed E-state index contributed by atoms with van der Waals surface area (Å²) in [6.07, 6.45) is 1.65. The molecule has 0 bridgehead atoms. The third kappa shape index (κ3) is 3.55. The Labute approximate surface area is 146 Å². The average molecular weight is 337 g/mol. The molecule has 128 valence electrons. The van der Waals surface area contributed by atoms with Crippen LogP contribution in [0.2, 0.25) is 0 Å². The van der Waals surface area contributed by atoms with E-state index in [9.17, 15) is 4.79 Å². The molecule has 0 radical (unpaired) electrons. The summed E-state index contributed by atoms with van der Waals surface area (Å²) in [6.45, 7) is 4.40. The Morgan fingerprint density at radius 1 is 1.20 bits per heavy atom. The normalized spacial score (nSPS) is 15.1. The van der Waals surface area contributed by atoms with Gasteiger partial charge in [0.05, 0.1) is 13.7 Å². The van der Waals surface area contributed by atoms with Crippen molar-refractivity contribution < 1.29 is 19.0 Å². The molecule has 2 aromatic rings. The number of methoxy groups -OCH3 is 1. The van der Waals surface area contributed by atoms with E-state index in [-0.39, 0.29) is 5.70 Å². The summed E-state index contributed by atoms with van der Waals surface area (Å²) in [6, 6.07) is 13.1. The molecule has 2 aromatic carbocycles. The van der Waals surface area contributed by atoms with Crippen LogP contribution in [-0.4, -0.2) is 25.6 Å². The number of benzene rings is 2. The molecular formula is C20H19NO4. The molecule has 25 heavy (non-hydrogen) atoms. The van der Waals surface area contributed by atoms with Crippen LogP contribution in [0.5, 0.6) is 11.5 Å². The third-order valence-corrected chi connectivity index (χ3v) is 3.69. The Bertz CT molecular complexity index is 868. The van der Waals surface area contributed by atoms with E-state index in [0.29, 0.717) is 29.6 Å². The second-order valence-corrected chi connectivity index (χ2v) is 5.52. The van der Waals surface area contributed by atoms with E-state index in [4.69, 9.17) is 14.2 Å². The number of ether oxygens (including phenoxy) is 3. The first-order valence-electron chi connectivity index (χ1n) is 8.01. The van der Waals surface area contributed by atoms with E-state index in [1.54, 1.807) is 13.2 Å². The lowest BCUT2D eigenvalue weighted by Gasteiger charge is -2.11. The number of carbonyl (C=O) groups is 1. The summed E-state index contributed by atoms with van der Waals surface area (Å²) in [5.74, 6) is 0.998. The van der Waals surface area contributed by atoms with E-state index >= 15 is 0 Å². The highest BCUT2D eigenvalue weighted by molar-refractivity contribution is 6.13. The van der Waals surface area contributed by atoms with Crippen LogP contribution in [0.4, 0.5) is 0 Å². The maximum absolute atomic E-state index is 12.2. The second kappa shape index (κ2) is 7.21. The highest BCUT2D eigenvalue weighted by atomic mass is 16.6. The van der Waals surface area contributed by atoms with Gasteiger partial charge in [0.1, 0.15) is 0 Å². The highest BCUT2D eigenvalue weighted by Crippen LogP contribution is 2.33. The Balaban J connectivity index is 1.99. The Kier molecular flexibility index (Phi) is 4.84. The molecule has 1 aliphatic heterocycles. The predicted molar refractivity (Wildman–Crippen MR) is 95.9 cm³/mol. The Hall–Kier alpha value is -3.08. The van der Waals surface area contributed by atoms with E-state index in [1.807, 2.05) is 56.3 Å². The minimum atomic E-state index is -0.486. The summed E-state index contributed by atoms with van der Waals surface area (Å²) in [5, 5.41) is 0. The molecule has 0 fully saturated rings. The van der Waals surface area contributed by atoms with Crippen molar-refractivity contribution in [1.82, 2.24) is 0 Å². The van der Waals surface area contributed by atoms with Gasteiger partial charge in [-0.05, 0) is 38.1 Å². The van der Waals surface area contributed by atoms with Crippen molar-refractivity contribution in [3.05, 3.63) is 64.9 Å². The van der Waals surface area contributed by atoms with Gasteiger partial charge in [0.25, 0.3) is 0 Å². The van der Waals surface area contributed by atoms with Gasteiger partial charge in [0.15, 0.2) is 17.2 Å². The van der Waals surface area contributed by atoms with Gasteiger partial charge >= 0.3 is 5.97 Å². The lowest BCUT2D eigenvalue weighted by molar-refractivity contribution is -0.129. The SMILES string of the molecule is CCOc1cccc(/C=C2\N=C(c3cccc(C)c3)OC2=O)c1OC. The lowest BCUT2D eigenvalue weighted by Crippen LogP contribution is -2.05. The molecule has 0 saturated heterocycles. The van der Waals surface area contributed by atoms with Gasteiger partial charge in [-0.15, -0.1) is 0 Å². The maximum atomic E-state index is 12.2. The van der Waals surface area contributed by atoms with Gasteiger partial charge in [-0.2, -0.15) is 0 Å². The fourth-order valence-corrected chi connectivity index (χ4v) is 2.59. The topological polar surface area (TPSA) is 57.1 Å². The molecule has 0 amide bonds. The molecule has 0 spiro atoms. The number of carbonyl (C=O) groups excluding carboxylic acids is 1. The van der Waals surface area contributed by atoms with Crippen molar-refractivity contribution in [3.63, 3.8) is 0 Å². The van der Waals surface area contributed by atoms with Crippen LogP contribution in [0.15, 0.2) is 53.2 Å². The number of esters is 1. The molecule has 1 aliphatic rings. The molecule has 0 aliphatic carbocycles. The van der Waals surface area contributed by atoms with E-state index in [1.165, 1.54) is 0 Å². The standard InChI is InChI=1S/C20H19NO4/c1-4-24-17-10-6-8-14(18(17)23-3)12-16-20(22)25-19(21-16)15-9-5-7-13(2)11-15/h5-12H,4H2,1-3H3/b16-12-. The summed E-state index contributed by atoms with van der Waals surface area (Å²) < 4.78 is 16.3. The zero-order valence-electron chi connectivity index (χ0n) is 14.4. The first kappa shape index (κ1) is 16.8. The van der Waals surface area contributed by atoms with Crippen molar-refractivity contribution in [2.75, 3.05) is 13.7 Å². The van der Waals surface area contributed by atoms with Crippen LogP contribution >= 0.6 is 0 Å². The van der Waals surface area contributed by atoms with Crippen LogP contribution in [0.25, 0.3) is 6.08 Å². The van der Waals surface area contributed by atoms with Crippen molar-refractivity contribution >= 4 is 17.9 Å². The van der Waals surface area contributed by atoms with E-state index in [0.717, 1.165) is 11.1 Å². The monoisotopic (exact) mass is 337 g/mol. The predicted octanol–water partition coefficient (Wildman–Crippen LogP) is 3.75. The average Bonchev–Trinajstić information content (AvgIpc) is 2.96. The summed E-state index contributed by atoms with van der Waals surface area (Å²) >= 11 is 0. The molecule has 5 heteroatoms. The van der Waals surface area contributed by atoms with Crippen molar-refractivity contribution in [2.24, 2.45) is 4.99 Å². The summed E-state index contributed by atoms with van der Waals surface area (Å²) in [7, 11) is 1.56. The van der Waals surface area contributed by atoms with Gasteiger partial charge < -0.3 is 14.2 Å². The maximum Gasteiger partial charge on any atom is 0.363 e. The van der Waals surface area contributed by atoms with Crippen LogP contribution in [-0.2, 0) is 9.53 Å². The highest BCUT2D eigenvalue weighted by Gasteiger charge is 2.25. The minimum Gasteiger partial charge on any atom is -0.492 e. The summed E-state index contributed by atoms with van der Waals surface area (Å²) in [4.78, 5) is 16.5. The van der Waals surface area contributed by atoms with Gasteiger partial charge in [0, 0.05) is 11.1 Å². The van der Waals surface area contributed by atoms with Crippen molar-refractivity contribution in [3.8, 4) is 11.5 Å².